The molecule has 0 N–H and O–H groups in total. The van der Waals surface area contributed by atoms with E-state index in [9.17, 15) is 4.79 Å². The molecule has 0 aromatic carbocycles. The van der Waals surface area contributed by atoms with Crippen LogP contribution < -0.4 is 0 Å². The van der Waals surface area contributed by atoms with Crippen LogP contribution in [0.2, 0.25) is 0 Å². The maximum absolute atomic E-state index is 11.8. The number of hydrogen-bond donors (Lipinski definition) is 0. The topological polar surface area (TPSA) is 39.4 Å². The van der Waals surface area contributed by atoms with Gasteiger partial charge in [-0.1, -0.05) is 0 Å². The van der Waals surface area contributed by atoms with Crippen LogP contribution >= 0.6 is 15.9 Å². The van der Waals surface area contributed by atoms with Crippen molar-refractivity contribution in [3.8, 4) is 0 Å². The number of furan rings is 1. The highest BCUT2D eigenvalue weighted by atomic mass is 79.9. The minimum absolute atomic E-state index is 0.0453. The maximum Gasteiger partial charge on any atom is 0.169 e. The molecular formula is C11H13BrO3. The molecule has 3 nitrogen and oxygen atoms in total. The SMILES string of the molecule is CC1CC(C(=O)Cc2ccc(Br)o2)CO1. The molecule has 2 unspecified atom stereocenters. The average molecular weight is 273 g/mol. The van der Waals surface area contributed by atoms with E-state index < -0.39 is 0 Å². The minimum atomic E-state index is 0.0453. The van der Waals surface area contributed by atoms with Crippen LogP contribution in [0.4, 0.5) is 0 Å². The lowest BCUT2D eigenvalue weighted by molar-refractivity contribution is -0.122. The largest absolute Gasteiger partial charge is 0.454 e. The summed E-state index contributed by atoms with van der Waals surface area (Å²) in [5, 5.41) is 0. The van der Waals surface area contributed by atoms with Crippen LogP contribution in [0.3, 0.4) is 0 Å². The molecule has 2 atom stereocenters. The highest BCUT2D eigenvalue weighted by Gasteiger charge is 2.28. The molecule has 4 heteroatoms. The summed E-state index contributed by atoms with van der Waals surface area (Å²) in [6.45, 7) is 2.55. The molecule has 0 amide bonds. The Labute approximate surface area is 96.9 Å². The second-order valence-corrected chi connectivity index (χ2v) is 4.71. The Kier molecular flexibility index (Phi) is 3.26. The van der Waals surface area contributed by atoms with Gasteiger partial charge in [-0.3, -0.25) is 4.79 Å². The summed E-state index contributed by atoms with van der Waals surface area (Å²) < 4.78 is 11.3. The molecule has 82 valence electrons. The Morgan fingerprint density at radius 1 is 1.60 bits per heavy atom. The van der Waals surface area contributed by atoms with Gasteiger partial charge < -0.3 is 9.15 Å². The fourth-order valence-electron chi connectivity index (χ4n) is 1.80. The van der Waals surface area contributed by atoms with E-state index in [0.717, 1.165) is 6.42 Å². The Balaban J connectivity index is 1.92. The molecule has 1 aromatic heterocycles. The molecule has 15 heavy (non-hydrogen) atoms. The molecule has 2 heterocycles. The first-order valence-corrected chi connectivity index (χ1v) is 5.83. The van der Waals surface area contributed by atoms with E-state index in [1.165, 1.54) is 0 Å². The van der Waals surface area contributed by atoms with Crippen molar-refractivity contribution in [2.75, 3.05) is 6.61 Å². The van der Waals surface area contributed by atoms with E-state index in [1.54, 1.807) is 6.07 Å². The van der Waals surface area contributed by atoms with Gasteiger partial charge in [0.1, 0.15) is 11.5 Å². The van der Waals surface area contributed by atoms with Gasteiger partial charge >= 0.3 is 0 Å². The van der Waals surface area contributed by atoms with Crippen molar-refractivity contribution in [1.82, 2.24) is 0 Å². The lowest BCUT2D eigenvalue weighted by Crippen LogP contribution is -2.16. The monoisotopic (exact) mass is 272 g/mol. The number of hydrogen-bond acceptors (Lipinski definition) is 3. The predicted octanol–water partition coefficient (Wildman–Crippen LogP) is 2.58. The van der Waals surface area contributed by atoms with E-state index in [1.807, 2.05) is 13.0 Å². The third-order valence-corrected chi connectivity index (χ3v) is 3.06. The summed E-state index contributed by atoms with van der Waals surface area (Å²) in [7, 11) is 0. The fourth-order valence-corrected chi connectivity index (χ4v) is 2.14. The molecule has 0 spiro atoms. The molecule has 1 saturated heterocycles. The van der Waals surface area contributed by atoms with Gasteiger partial charge in [0, 0.05) is 5.92 Å². The Morgan fingerprint density at radius 2 is 2.40 bits per heavy atom. The number of Topliss-reactive ketones (excluding diaryl/α,β-unsaturated/α-hetero) is 1. The molecule has 0 radical (unpaired) electrons. The van der Waals surface area contributed by atoms with Crippen LogP contribution in [-0.4, -0.2) is 18.5 Å². The molecular weight excluding hydrogens is 260 g/mol. The summed E-state index contributed by atoms with van der Waals surface area (Å²) in [5.74, 6) is 0.969. The van der Waals surface area contributed by atoms with Crippen molar-refractivity contribution in [2.24, 2.45) is 5.92 Å². The summed E-state index contributed by atoms with van der Waals surface area (Å²) in [6.07, 6.45) is 1.41. The Hall–Kier alpha value is -0.610. The van der Waals surface area contributed by atoms with Gasteiger partial charge in [0.05, 0.1) is 19.1 Å². The predicted molar refractivity (Wildman–Crippen MR) is 58.6 cm³/mol. The van der Waals surface area contributed by atoms with Crippen molar-refractivity contribution in [2.45, 2.75) is 25.9 Å². The molecule has 2 rings (SSSR count). The molecule has 1 aliphatic rings. The van der Waals surface area contributed by atoms with E-state index in [4.69, 9.17) is 9.15 Å². The van der Waals surface area contributed by atoms with Crippen molar-refractivity contribution in [3.05, 3.63) is 22.6 Å². The van der Waals surface area contributed by atoms with Gasteiger partial charge in [0.25, 0.3) is 0 Å². The number of halogens is 1. The van der Waals surface area contributed by atoms with Gasteiger partial charge in [0.15, 0.2) is 4.67 Å². The van der Waals surface area contributed by atoms with E-state index in [-0.39, 0.29) is 17.8 Å². The third-order valence-electron chi connectivity index (χ3n) is 2.63. The van der Waals surface area contributed by atoms with Crippen molar-refractivity contribution in [3.63, 3.8) is 0 Å². The zero-order valence-corrected chi connectivity index (χ0v) is 10.1. The van der Waals surface area contributed by atoms with Crippen molar-refractivity contribution < 1.29 is 13.9 Å². The Bertz CT molecular complexity index is 358. The van der Waals surface area contributed by atoms with Crippen LogP contribution in [0.15, 0.2) is 21.2 Å². The average Bonchev–Trinajstić information content (AvgIpc) is 2.75. The van der Waals surface area contributed by atoms with Crippen LogP contribution in [-0.2, 0) is 16.0 Å². The van der Waals surface area contributed by atoms with Crippen LogP contribution in [0.1, 0.15) is 19.1 Å². The zero-order valence-electron chi connectivity index (χ0n) is 8.53. The third kappa shape index (κ3) is 2.69. The molecule has 0 bridgehead atoms. The maximum atomic E-state index is 11.8. The van der Waals surface area contributed by atoms with Crippen LogP contribution in [0.5, 0.6) is 0 Å². The number of ketones is 1. The smallest absolute Gasteiger partial charge is 0.169 e. The first-order valence-electron chi connectivity index (χ1n) is 5.03. The Morgan fingerprint density at radius 3 is 2.93 bits per heavy atom. The normalized spacial score (nSPS) is 25.7. The molecule has 1 fully saturated rings. The second kappa shape index (κ2) is 4.49. The van der Waals surface area contributed by atoms with Gasteiger partial charge in [-0.15, -0.1) is 0 Å². The first kappa shape index (κ1) is 10.9. The number of rotatable bonds is 3. The summed E-state index contributed by atoms with van der Waals surface area (Å²) >= 11 is 3.21. The summed E-state index contributed by atoms with van der Waals surface area (Å²) in [5.41, 5.74) is 0. The van der Waals surface area contributed by atoms with Gasteiger partial charge in [-0.2, -0.15) is 0 Å². The fraction of sp³-hybridized carbons (Fsp3) is 0.545. The first-order chi connectivity index (χ1) is 7.15. The van der Waals surface area contributed by atoms with Gasteiger partial charge in [-0.05, 0) is 41.4 Å². The number of carbonyl (C=O) groups is 1. The number of ether oxygens (including phenoxy) is 1. The van der Waals surface area contributed by atoms with Gasteiger partial charge in [-0.25, -0.2) is 0 Å². The highest BCUT2D eigenvalue weighted by molar-refractivity contribution is 9.10. The van der Waals surface area contributed by atoms with E-state index in [0.29, 0.717) is 23.5 Å². The minimum Gasteiger partial charge on any atom is -0.454 e. The standard InChI is InChI=1S/C11H13BrO3/c1-7-4-8(6-14-7)10(13)5-9-2-3-11(12)15-9/h2-3,7-8H,4-6H2,1H3. The van der Waals surface area contributed by atoms with Gasteiger partial charge in [0.2, 0.25) is 0 Å². The second-order valence-electron chi connectivity index (χ2n) is 3.93. The number of carbonyl (C=O) groups excluding carboxylic acids is 1. The van der Waals surface area contributed by atoms with Crippen LogP contribution in [0.25, 0.3) is 0 Å². The lowest BCUT2D eigenvalue weighted by Gasteiger charge is -2.04. The zero-order chi connectivity index (χ0) is 10.8. The van der Waals surface area contributed by atoms with Crippen molar-refractivity contribution >= 4 is 21.7 Å². The highest BCUT2D eigenvalue weighted by Crippen LogP contribution is 2.22. The molecule has 0 saturated carbocycles. The quantitative estimate of drug-likeness (QED) is 0.849. The molecule has 0 aliphatic carbocycles. The molecule has 1 aliphatic heterocycles. The summed E-state index contributed by atoms with van der Waals surface area (Å²) in [6, 6.07) is 3.62. The summed E-state index contributed by atoms with van der Waals surface area (Å²) in [4.78, 5) is 11.8. The lowest BCUT2D eigenvalue weighted by atomic mass is 9.98. The molecule has 1 aromatic rings. The van der Waals surface area contributed by atoms with Crippen LogP contribution in [0, 0.1) is 5.92 Å². The van der Waals surface area contributed by atoms with Crippen molar-refractivity contribution in [1.29, 1.82) is 0 Å². The van der Waals surface area contributed by atoms with E-state index in [2.05, 4.69) is 15.9 Å². The van der Waals surface area contributed by atoms with E-state index >= 15 is 0 Å².